The van der Waals surface area contributed by atoms with E-state index in [-0.39, 0.29) is 6.04 Å². The molecule has 1 atom stereocenters. The Balaban J connectivity index is 1.77. The zero-order chi connectivity index (χ0) is 14.7. The molecule has 3 rings (SSSR count). The first-order chi connectivity index (χ1) is 10.2. The maximum Gasteiger partial charge on any atom is 0.0657 e. The molecule has 1 heterocycles. The van der Waals surface area contributed by atoms with Crippen LogP contribution in [0.5, 0.6) is 0 Å². The summed E-state index contributed by atoms with van der Waals surface area (Å²) in [4.78, 5) is 1.17. The van der Waals surface area contributed by atoms with Crippen molar-refractivity contribution in [3.63, 3.8) is 0 Å². The van der Waals surface area contributed by atoms with Crippen LogP contribution in [0.25, 0.3) is 0 Å². The third kappa shape index (κ3) is 3.43. The predicted molar refractivity (Wildman–Crippen MR) is 93.7 cm³/mol. The van der Waals surface area contributed by atoms with E-state index in [1.165, 1.54) is 16.0 Å². The van der Waals surface area contributed by atoms with E-state index in [0.717, 1.165) is 16.5 Å². The monoisotopic (exact) mass is 357 g/mol. The van der Waals surface area contributed by atoms with E-state index in [1.54, 1.807) is 11.3 Å². The molecular formula is C18H16BrNS. The van der Waals surface area contributed by atoms with Crippen LogP contribution in [0.15, 0.2) is 70.5 Å². The SMILES string of the molecule is NC(c1ccc(Cc2ccccc2)cc1)c1sccc1Br. The van der Waals surface area contributed by atoms with Crippen molar-refractivity contribution in [1.29, 1.82) is 0 Å². The molecule has 0 aliphatic heterocycles. The van der Waals surface area contributed by atoms with Crippen molar-refractivity contribution in [2.45, 2.75) is 12.5 Å². The van der Waals surface area contributed by atoms with Crippen LogP contribution in [0.4, 0.5) is 0 Å². The van der Waals surface area contributed by atoms with Gasteiger partial charge in [0.25, 0.3) is 0 Å². The van der Waals surface area contributed by atoms with Gasteiger partial charge >= 0.3 is 0 Å². The molecular weight excluding hydrogens is 342 g/mol. The maximum atomic E-state index is 6.34. The molecule has 0 saturated carbocycles. The van der Waals surface area contributed by atoms with Crippen molar-refractivity contribution in [3.8, 4) is 0 Å². The molecule has 1 aromatic heterocycles. The normalized spacial score (nSPS) is 12.3. The second-order valence-corrected chi connectivity index (χ2v) is 6.82. The summed E-state index contributed by atoms with van der Waals surface area (Å²) in [6.07, 6.45) is 0.957. The predicted octanol–water partition coefficient (Wildman–Crippen LogP) is 5.15. The van der Waals surface area contributed by atoms with Crippen molar-refractivity contribution in [1.82, 2.24) is 0 Å². The molecule has 0 aliphatic carbocycles. The highest BCUT2D eigenvalue weighted by Crippen LogP contribution is 2.31. The Bertz CT molecular complexity index is 704. The van der Waals surface area contributed by atoms with Gasteiger partial charge in [-0.1, -0.05) is 54.6 Å². The minimum absolute atomic E-state index is 0.0647. The highest BCUT2D eigenvalue weighted by atomic mass is 79.9. The summed E-state index contributed by atoms with van der Waals surface area (Å²) in [7, 11) is 0. The summed E-state index contributed by atoms with van der Waals surface area (Å²) in [5, 5.41) is 2.06. The zero-order valence-corrected chi connectivity index (χ0v) is 13.9. The number of hydrogen-bond donors (Lipinski definition) is 1. The average Bonchev–Trinajstić information content (AvgIpc) is 2.94. The molecule has 0 fully saturated rings. The fraction of sp³-hybridized carbons (Fsp3) is 0.111. The topological polar surface area (TPSA) is 26.0 Å². The third-order valence-electron chi connectivity index (χ3n) is 3.52. The molecule has 0 spiro atoms. The summed E-state index contributed by atoms with van der Waals surface area (Å²) < 4.78 is 1.09. The second kappa shape index (κ2) is 6.56. The minimum Gasteiger partial charge on any atom is -0.320 e. The van der Waals surface area contributed by atoms with Crippen molar-refractivity contribution >= 4 is 27.3 Å². The van der Waals surface area contributed by atoms with Crippen LogP contribution in [0.3, 0.4) is 0 Å². The molecule has 0 bridgehead atoms. The lowest BCUT2D eigenvalue weighted by atomic mass is 10.0. The van der Waals surface area contributed by atoms with Crippen molar-refractivity contribution < 1.29 is 0 Å². The summed E-state index contributed by atoms with van der Waals surface area (Å²) in [5.41, 5.74) is 10.1. The summed E-state index contributed by atoms with van der Waals surface area (Å²) >= 11 is 5.24. The van der Waals surface area contributed by atoms with Gasteiger partial charge in [0.05, 0.1) is 6.04 Å². The quantitative estimate of drug-likeness (QED) is 0.686. The number of hydrogen-bond acceptors (Lipinski definition) is 2. The first-order valence-corrected chi connectivity index (χ1v) is 8.52. The lowest BCUT2D eigenvalue weighted by Gasteiger charge is -2.12. The molecule has 0 aliphatic rings. The van der Waals surface area contributed by atoms with E-state index < -0.39 is 0 Å². The first kappa shape index (κ1) is 14.5. The average molecular weight is 358 g/mol. The summed E-state index contributed by atoms with van der Waals surface area (Å²) in [5.74, 6) is 0. The van der Waals surface area contributed by atoms with Crippen molar-refractivity contribution in [3.05, 3.63) is 92.1 Å². The van der Waals surface area contributed by atoms with E-state index in [4.69, 9.17) is 5.73 Å². The van der Waals surface area contributed by atoms with Crippen LogP contribution in [-0.4, -0.2) is 0 Å². The standard InChI is InChI=1S/C18H16BrNS/c19-16-10-11-21-18(16)17(20)15-8-6-14(7-9-15)12-13-4-2-1-3-5-13/h1-11,17H,12,20H2. The van der Waals surface area contributed by atoms with Gasteiger partial charge < -0.3 is 5.73 Å². The van der Waals surface area contributed by atoms with E-state index >= 15 is 0 Å². The number of thiophene rings is 1. The molecule has 0 radical (unpaired) electrons. The number of benzene rings is 2. The third-order valence-corrected chi connectivity index (χ3v) is 5.47. The van der Waals surface area contributed by atoms with Crippen molar-refractivity contribution in [2.24, 2.45) is 5.73 Å². The van der Waals surface area contributed by atoms with Gasteiger partial charge in [-0.25, -0.2) is 0 Å². The lowest BCUT2D eigenvalue weighted by molar-refractivity contribution is 0.887. The number of nitrogens with two attached hydrogens (primary N) is 1. The van der Waals surface area contributed by atoms with Crippen LogP contribution in [0.2, 0.25) is 0 Å². The molecule has 3 heteroatoms. The Labute approximate surface area is 137 Å². The summed E-state index contributed by atoms with van der Waals surface area (Å²) in [6.45, 7) is 0. The largest absolute Gasteiger partial charge is 0.320 e. The van der Waals surface area contributed by atoms with Crippen LogP contribution in [-0.2, 0) is 6.42 Å². The Morgan fingerprint density at radius 2 is 1.57 bits per heavy atom. The van der Waals surface area contributed by atoms with Gasteiger partial charge in [0.15, 0.2) is 0 Å². The van der Waals surface area contributed by atoms with Gasteiger partial charge in [0.2, 0.25) is 0 Å². The Hall–Kier alpha value is -1.42. The van der Waals surface area contributed by atoms with E-state index in [1.807, 2.05) is 12.1 Å². The van der Waals surface area contributed by atoms with Gasteiger partial charge in [-0.2, -0.15) is 0 Å². The van der Waals surface area contributed by atoms with Gasteiger partial charge in [0, 0.05) is 9.35 Å². The molecule has 0 saturated heterocycles. The molecule has 21 heavy (non-hydrogen) atoms. The first-order valence-electron chi connectivity index (χ1n) is 6.85. The zero-order valence-electron chi connectivity index (χ0n) is 11.5. The van der Waals surface area contributed by atoms with Crippen LogP contribution in [0, 0.1) is 0 Å². The van der Waals surface area contributed by atoms with E-state index in [0.29, 0.717) is 0 Å². The van der Waals surface area contributed by atoms with E-state index in [2.05, 4.69) is 69.8 Å². The molecule has 0 amide bonds. The van der Waals surface area contributed by atoms with Crippen LogP contribution in [0.1, 0.15) is 27.6 Å². The number of halogens is 1. The summed E-state index contributed by atoms with van der Waals surface area (Å²) in [6, 6.07) is 21.1. The molecule has 2 aromatic carbocycles. The maximum absolute atomic E-state index is 6.34. The van der Waals surface area contributed by atoms with Gasteiger partial charge in [0.1, 0.15) is 0 Å². The molecule has 106 valence electrons. The smallest absolute Gasteiger partial charge is 0.0657 e. The molecule has 1 unspecified atom stereocenters. The van der Waals surface area contributed by atoms with Gasteiger partial charge in [-0.15, -0.1) is 11.3 Å². The molecule has 1 nitrogen and oxygen atoms in total. The van der Waals surface area contributed by atoms with Gasteiger partial charge in [-0.05, 0) is 50.5 Å². The van der Waals surface area contributed by atoms with Gasteiger partial charge in [-0.3, -0.25) is 0 Å². The Morgan fingerprint density at radius 1 is 0.905 bits per heavy atom. The fourth-order valence-electron chi connectivity index (χ4n) is 2.35. The highest BCUT2D eigenvalue weighted by molar-refractivity contribution is 9.10. The lowest BCUT2D eigenvalue weighted by Crippen LogP contribution is -2.10. The molecule has 2 N–H and O–H groups in total. The second-order valence-electron chi connectivity index (χ2n) is 5.01. The van der Waals surface area contributed by atoms with Crippen LogP contribution >= 0.6 is 27.3 Å². The molecule has 3 aromatic rings. The Kier molecular flexibility index (Phi) is 4.54. The highest BCUT2D eigenvalue weighted by Gasteiger charge is 2.13. The number of rotatable bonds is 4. The van der Waals surface area contributed by atoms with E-state index in [9.17, 15) is 0 Å². The minimum atomic E-state index is -0.0647. The van der Waals surface area contributed by atoms with Crippen molar-refractivity contribution in [2.75, 3.05) is 0 Å². The fourth-order valence-corrected chi connectivity index (χ4v) is 4.00. The Morgan fingerprint density at radius 3 is 2.19 bits per heavy atom. The van der Waals surface area contributed by atoms with Crippen LogP contribution < -0.4 is 5.73 Å².